The average molecular weight is 360 g/mol. The van der Waals surface area contributed by atoms with Crippen molar-refractivity contribution in [1.29, 1.82) is 0 Å². The fraction of sp³-hybridized carbons (Fsp3) is 0.611. The highest BCUT2D eigenvalue weighted by Gasteiger charge is 2.27. The summed E-state index contributed by atoms with van der Waals surface area (Å²) in [5.74, 6) is 0.0901. The molecule has 1 saturated heterocycles. The number of amides is 1. The van der Waals surface area contributed by atoms with E-state index in [1.807, 2.05) is 4.90 Å². The predicted octanol–water partition coefficient (Wildman–Crippen LogP) is 1.68. The van der Waals surface area contributed by atoms with Crippen LogP contribution >= 0.6 is 11.3 Å². The maximum absolute atomic E-state index is 12.9. The van der Waals surface area contributed by atoms with Gasteiger partial charge in [0.1, 0.15) is 4.83 Å². The van der Waals surface area contributed by atoms with Crippen LogP contribution in [0.3, 0.4) is 0 Å². The number of aryl methyl sites for hydroxylation is 3. The minimum absolute atomic E-state index is 0.00833. The molecule has 25 heavy (non-hydrogen) atoms. The SMILES string of the molecule is NCC1CCCN1C(=O)CCn1cnc2sc3c(c2c1=O)CCCC3. The largest absolute Gasteiger partial charge is 0.338 e. The molecule has 4 rings (SSSR count). The molecule has 1 fully saturated rings. The van der Waals surface area contributed by atoms with E-state index in [1.54, 1.807) is 22.2 Å². The van der Waals surface area contributed by atoms with Crippen LogP contribution in [0.4, 0.5) is 0 Å². The van der Waals surface area contributed by atoms with Gasteiger partial charge in [-0.15, -0.1) is 11.3 Å². The Morgan fingerprint density at radius 3 is 3.00 bits per heavy atom. The van der Waals surface area contributed by atoms with Crippen molar-refractivity contribution in [2.75, 3.05) is 13.1 Å². The smallest absolute Gasteiger partial charge is 0.262 e. The summed E-state index contributed by atoms with van der Waals surface area (Å²) >= 11 is 1.66. The molecule has 0 bridgehead atoms. The lowest BCUT2D eigenvalue weighted by molar-refractivity contribution is -0.132. The molecule has 134 valence electrons. The number of thiophene rings is 1. The molecule has 0 aromatic carbocycles. The summed E-state index contributed by atoms with van der Waals surface area (Å²) in [5, 5.41) is 0.788. The van der Waals surface area contributed by atoms with Crippen molar-refractivity contribution >= 4 is 27.5 Å². The van der Waals surface area contributed by atoms with Gasteiger partial charge in [0, 0.05) is 37.0 Å². The van der Waals surface area contributed by atoms with Crippen LogP contribution < -0.4 is 11.3 Å². The van der Waals surface area contributed by atoms with Gasteiger partial charge in [0.25, 0.3) is 5.56 Å². The van der Waals surface area contributed by atoms with Gasteiger partial charge in [-0.1, -0.05) is 0 Å². The molecular weight excluding hydrogens is 336 g/mol. The van der Waals surface area contributed by atoms with Gasteiger partial charge in [-0.05, 0) is 44.1 Å². The monoisotopic (exact) mass is 360 g/mol. The van der Waals surface area contributed by atoms with Crippen LogP contribution in [0, 0.1) is 0 Å². The van der Waals surface area contributed by atoms with E-state index in [0.29, 0.717) is 19.5 Å². The van der Waals surface area contributed by atoms with Gasteiger partial charge >= 0.3 is 0 Å². The molecule has 1 aliphatic heterocycles. The second kappa shape index (κ2) is 6.88. The predicted molar refractivity (Wildman–Crippen MR) is 98.9 cm³/mol. The molecule has 3 heterocycles. The van der Waals surface area contributed by atoms with Crippen LogP contribution in [0.2, 0.25) is 0 Å². The Morgan fingerprint density at radius 1 is 1.32 bits per heavy atom. The molecule has 1 unspecified atom stereocenters. The highest BCUT2D eigenvalue weighted by atomic mass is 32.1. The van der Waals surface area contributed by atoms with Crippen LogP contribution in [0.25, 0.3) is 10.2 Å². The molecule has 2 aromatic heterocycles. The number of hydrogen-bond donors (Lipinski definition) is 1. The molecule has 6 nitrogen and oxygen atoms in total. The van der Waals surface area contributed by atoms with Crippen molar-refractivity contribution in [1.82, 2.24) is 14.5 Å². The van der Waals surface area contributed by atoms with Crippen LogP contribution in [-0.2, 0) is 24.2 Å². The van der Waals surface area contributed by atoms with Crippen molar-refractivity contribution in [3.05, 3.63) is 27.1 Å². The van der Waals surface area contributed by atoms with Crippen molar-refractivity contribution in [3.63, 3.8) is 0 Å². The highest BCUT2D eigenvalue weighted by Crippen LogP contribution is 2.33. The second-order valence-corrected chi connectivity index (χ2v) is 8.09. The zero-order valence-corrected chi connectivity index (χ0v) is 15.2. The Bertz CT molecular complexity index is 857. The van der Waals surface area contributed by atoms with Gasteiger partial charge in [0.15, 0.2) is 0 Å². The molecule has 7 heteroatoms. The third-order valence-corrected chi connectivity index (χ3v) is 6.68. The maximum atomic E-state index is 12.9. The molecule has 0 saturated carbocycles. The zero-order valence-electron chi connectivity index (χ0n) is 14.4. The van der Waals surface area contributed by atoms with E-state index in [0.717, 1.165) is 48.9 Å². The molecule has 0 spiro atoms. The van der Waals surface area contributed by atoms with Crippen LogP contribution in [0.5, 0.6) is 0 Å². The van der Waals surface area contributed by atoms with E-state index >= 15 is 0 Å². The first-order valence-corrected chi connectivity index (χ1v) is 10.00. The lowest BCUT2D eigenvalue weighted by Gasteiger charge is -2.23. The van der Waals surface area contributed by atoms with E-state index in [2.05, 4.69) is 4.98 Å². The molecule has 2 N–H and O–H groups in total. The standard InChI is InChI=1S/C18H24N4O2S/c19-10-12-4-3-8-22(12)15(23)7-9-21-11-20-17-16(18(21)24)13-5-1-2-6-14(13)25-17/h11-12H,1-10,19H2. The Hall–Kier alpha value is -1.73. The Morgan fingerprint density at radius 2 is 2.16 bits per heavy atom. The molecule has 2 aromatic rings. The summed E-state index contributed by atoms with van der Waals surface area (Å²) in [7, 11) is 0. The van der Waals surface area contributed by atoms with Crippen molar-refractivity contribution in [3.8, 4) is 0 Å². The van der Waals surface area contributed by atoms with E-state index in [1.165, 1.54) is 16.9 Å². The van der Waals surface area contributed by atoms with Crippen molar-refractivity contribution < 1.29 is 4.79 Å². The molecule has 1 amide bonds. The summed E-state index contributed by atoms with van der Waals surface area (Å²) < 4.78 is 1.61. The number of fused-ring (bicyclic) bond motifs is 3. The molecule has 1 aliphatic carbocycles. The molecule has 1 atom stereocenters. The minimum Gasteiger partial charge on any atom is -0.338 e. The fourth-order valence-corrected chi connectivity index (χ4v) is 5.33. The molecular formula is C18H24N4O2S. The summed E-state index contributed by atoms with van der Waals surface area (Å²) in [6.45, 7) is 1.68. The minimum atomic E-state index is 0.00833. The van der Waals surface area contributed by atoms with Crippen molar-refractivity contribution in [2.24, 2.45) is 5.73 Å². The summed E-state index contributed by atoms with van der Waals surface area (Å²) in [6.07, 6.45) is 8.30. The van der Waals surface area contributed by atoms with Gasteiger partial charge in [-0.3, -0.25) is 14.2 Å². The van der Waals surface area contributed by atoms with E-state index in [4.69, 9.17) is 5.73 Å². The second-order valence-electron chi connectivity index (χ2n) is 7.00. The highest BCUT2D eigenvalue weighted by molar-refractivity contribution is 7.18. The van der Waals surface area contributed by atoms with E-state index < -0.39 is 0 Å². The number of carbonyl (C=O) groups is 1. The normalized spacial score (nSPS) is 20.2. The number of likely N-dealkylation sites (tertiary alicyclic amines) is 1. The summed E-state index contributed by atoms with van der Waals surface area (Å²) in [5.41, 5.74) is 6.96. The van der Waals surface area contributed by atoms with Gasteiger partial charge in [-0.2, -0.15) is 0 Å². The van der Waals surface area contributed by atoms with E-state index in [-0.39, 0.29) is 17.5 Å². The number of carbonyl (C=O) groups excluding carboxylic acids is 1. The third-order valence-electron chi connectivity index (χ3n) is 5.48. The molecule has 0 radical (unpaired) electrons. The zero-order chi connectivity index (χ0) is 17.4. The van der Waals surface area contributed by atoms with E-state index in [9.17, 15) is 9.59 Å². The number of hydrogen-bond acceptors (Lipinski definition) is 5. The first kappa shape index (κ1) is 16.7. The quantitative estimate of drug-likeness (QED) is 0.899. The van der Waals surface area contributed by atoms with Gasteiger partial charge in [0.05, 0.1) is 11.7 Å². The van der Waals surface area contributed by atoms with Crippen LogP contribution in [0.15, 0.2) is 11.1 Å². The number of rotatable bonds is 4. The van der Waals surface area contributed by atoms with Gasteiger partial charge in [-0.25, -0.2) is 4.98 Å². The topological polar surface area (TPSA) is 81.2 Å². The van der Waals surface area contributed by atoms with Crippen LogP contribution in [0.1, 0.15) is 42.5 Å². The Kier molecular flexibility index (Phi) is 4.60. The van der Waals surface area contributed by atoms with Crippen molar-refractivity contribution in [2.45, 2.75) is 57.5 Å². The summed E-state index contributed by atoms with van der Waals surface area (Å²) in [6, 6.07) is 0.161. The number of aromatic nitrogens is 2. The first-order valence-electron chi connectivity index (χ1n) is 9.18. The van der Waals surface area contributed by atoms with Gasteiger partial charge in [0.2, 0.25) is 5.91 Å². The summed E-state index contributed by atoms with van der Waals surface area (Å²) in [4.78, 5) is 33.9. The lowest BCUT2D eigenvalue weighted by atomic mass is 9.97. The van der Waals surface area contributed by atoms with Gasteiger partial charge < -0.3 is 10.6 Å². The van der Waals surface area contributed by atoms with Crippen LogP contribution in [-0.4, -0.2) is 39.5 Å². The maximum Gasteiger partial charge on any atom is 0.262 e. The average Bonchev–Trinajstić information content (AvgIpc) is 3.25. The third kappa shape index (κ3) is 3.00. The fourth-order valence-electron chi connectivity index (χ4n) is 4.11. The first-order chi connectivity index (χ1) is 12.2. The molecule has 2 aliphatic rings. The lowest BCUT2D eigenvalue weighted by Crippen LogP contribution is -2.40. The Balaban J connectivity index is 1.55. The number of nitrogens with zero attached hydrogens (tertiary/aromatic N) is 3. The Labute approximate surface area is 150 Å². The number of nitrogens with two attached hydrogens (primary N) is 1.